The van der Waals surface area contributed by atoms with Crippen molar-refractivity contribution < 1.29 is 14.0 Å². The lowest BCUT2D eigenvalue weighted by Crippen LogP contribution is -2.45. The quantitative estimate of drug-likeness (QED) is 0.610. The van der Waals surface area contributed by atoms with Gasteiger partial charge in [-0.25, -0.2) is 4.39 Å². The zero-order chi connectivity index (χ0) is 23.7. The van der Waals surface area contributed by atoms with Crippen molar-refractivity contribution in [2.45, 2.75) is 12.0 Å². The van der Waals surface area contributed by atoms with Crippen molar-refractivity contribution in [2.24, 2.45) is 0 Å². The number of hydrogen-bond acceptors (Lipinski definition) is 6. The second kappa shape index (κ2) is 9.31. The van der Waals surface area contributed by atoms with Crippen LogP contribution in [0.25, 0.3) is 10.9 Å². The molecule has 0 aliphatic carbocycles. The zero-order valence-electron chi connectivity index (χ0n) is 18.3. The second-order valence-corrected chi connectivity index (χ2v) is 9.40. The Labute approximate surface area is 200 Å². The fourth-order valence-corrected chi connectivity index (χ4v) is 5.42. The third-order valence-corrected chi connectivity index (χ3v) is 7.32. The van der Waals surface area contributed by atoms with Crippen LogP contribution in [0.5, 0.6) is 0 Å². The lowest BCUT2D eigenvalue weighted by molar-refractivity contribution is -0.129. The van der Waals surface area contributed by atoms with E-state index in [2.05, 4.69) is 21.3 Å². The minimum atomic E-state index is -0.450. The van der Waals surface area contributed by atoms with Crippen LogP contribution in [-0.2, 0) is 4.79 Å². The SMILES string of the molecule is N#C[C@@H]1CSCN1C(=O)CNC(=O)c1ccnc2ccc(N3CC(c4ccc(F)cc4)C3)cc12. The summed E-state index contributed by atoms with van der Waals surface area (Å²) in [6, 6.07) is 15.8. The van der Waals surface area contributed by atoms with Crippen LogP contribution in [0.1, 0.15) is 21.8 Å². The fourth-order valence-electron chi connectivity index (χ4n) is 4.31. The third kappa shape index (κ3) is 4.29. The highest BCUT2D eigenvalue weighted by atomic mass is 32.2. The van der Waals surface area contributed by atoms with Crippen molar-refractivity contribution in [2.75, 3.05) is 36.2 Å². The molecule has 0 radical (unpaired) electrons. The summed E-state index contributed by atoms with van der Waals surface area (Å²) in [5.41, 5.74) is 3.23. The minimum Gasteiger partial charge on any atom is -0.370 e. The Hall–Kier alpha value is -3.64. The average molecular weight is 476 g/mol. The molecule has 2 amide bonds. The predicted octanol–water partition coefficient (Wildman–Crippen LogP) is 3.13. The van der Waals surface area contributed by atoms with Crippen molar-refractivity contribution in [1.29, 1.82) is 5.26 Å². The molecule has 3 heterocycles. The molecule has 1 N–H and O–H groups in total. The van der Waals surface area contributed by atoms with E-state index in [4.69, 9.17) is 0 Å². The van der Waals surface area contributed by atoms with Crippen LogP contribution in [0.2, 0.25) is 0 Å². The number of nitrogens with one attached hydrogen (secondary N) is 1. The number of carbonyl (C=O) groups is 2. The van der Waals surface area contributed by atoms with Gasteiger partial charge in [-0.1, -0.05) is 12.1 Å². The Balaban J connectivity index is 1.28. The number of fused-ring (bicyclic) bond motifs is 1. The molecule has 2 aromatic carbocycles. The van der Waals surface area contributed by atoms with E-state index in [1.807, 2.05) is 30.3 Å². The molecule has 1 aromatic heterocycles. The number of aromatic nitrogens is 1. The molecule has 0 bridgehead atoms. The largest absolute Gasteiger partial charge is 0.370 e. The van der Waals surface area contributed by atoms with Gasteiger partial charge < -0.3 is 15.1 Å². The van der Waals surface area contributed by atoms with Crippen LogP contribution in [0, 0.1) is 17.1 Å². The highest BCUT2D eigenvalue weighted by Gasteiger charge is 2.30. The average Bonchev–Trinajstić information content (AvgIpc) is 3.31. The van der Waals surface area contributed by atoms with E-state index < -0.39 is 6.04 Å². The van der Waals surface area contributed by atoms with E-state index in [0.717, 1.165) is 24.3 Å². The summed E-state index contributed by atoms with van der Waals surface area (Å²) in [7, 11) is 0. The number of benzene rings is 2. The zero-order valence-corrected chi connectivity index (χ0v) is 19.1. The van der Waals surface area contributed by atoms with E-state index in [-0.39, 0.29) is 24.2 Å². The van der Waals surface area contributed by atoms with Gasteiger partial charge in [0.2, 0.25) is 5.91 Å². The molecule has 7 nitrogen and oxygen atoms in total. The first-order valence-corrected chi connectivity index (χ1v) is 12.1. The van der Waals surface area contributed by atoms with E-state index in [0.29, 0.717) is 34.0 Å². The molecule has 2 saturated heterocycles. The molecule has 2 fully saturated rings. The van der Waals surface area contributed by atoms with Gasteiger partial charge in [0.15, 0.2) is 0 Å². The van der Waals surface area contributed by atoms with Crippen LogP contribution in [0.4, 0.5) is 10.1 Å². The predicted molar refractivity (Wildman–Crippen MR) is 129 cm³/mol. The smallest absolute Gasteiger partial charge is 0.252 e. The lowest BCUT2D eigenvalue weighted by atomic mass is 9.90. The van der Waals surface area contributed by atoms with Gasteiger partial charge in [0.05, 0.1) is 29.6 Å². The number of hydrogen-bond donors (Lipinski definition) is 1. The molecule has 0 saturated carbocycles. The summed E-state index contributed by atoms with van der Waals surface area (Å²) in [6.07, 6.45) is 1.58. The van der Waals surface area contributed by atoms with E-state index in [1.54, 1.807) is 12.3 Å². The minimum absolute atomic E-state index is 0.160. The van der Waals surface area contributed by atoms with Gasteiger partial charge in [-0.15, -0.1) is 11.8 Å². The van der Waals surface area contributed by atoms with Gasteiger partial charge in [-0.3, -0.25) is 14.6 Å². The number of rotatable bonds is 5. The number of amides is 2. The fraction of sp³-hybridized carbons (Fsp3) is 0.280. The van der Waals surface area contributed by atoms with Gasteiger partial charge >= 0.3 is 0 Å². The molecule has 9 heteroatoms. The second-order valence-electron chi connectivity index (χ2n) is 8.40. The van der Waals surface area contributed by atoms with Crippen LogP contribution < -0.4 is 10.2 Å². The van der Waals surface area contributed by atoms with Crippen LogP contribution in [0.15, 0.2) is 54.7 Å². The summed E-state index contributed by atoms with van der Waals surface area (Å²) in [4.78, 5) is 33.5. The van der Waals surface area contributed by atoms with Gasteiger partial charge in [-0.05, 0) is 42.0 Å². The Morgan fingerprint density at radius 2 is 1.97 bits per heavy atom. The summed E-state index contributed by atoms with van der Waals surface area (Å²) in [5, 5.41) is 12.6. The van der Waals surface area contributed by atoms with E-state index in [9.17, 15) is 19.2 Å². The summed E-state index contributed by atoms with van der Waals surface area (Å²) in [5.74, 6) is 0.524. The first-order chi connectivity index (χ1) is 16.5. The molecule has 172 valence electrons. The van der Waals surface area contributed by atoms with Crippen molar-refractivity contribution in [3.63, 3.8) is 0 Å². The van der Waals surface area contributed by atoms with Crippen molar-refractivity contribution in [3.05, 3.63) is 71.7 Å². The Kier molecular flexibility index (Phi) is 6.07. The third-order valence-electron chi connectivity index (χ3n) is 6.31. The number of halogens is 1. The van der Waals surface area contributed by atoms with Crippen molar-refractivity contribution in [1.82, 2.24) is 15.2 Å². The Morgan fingerprint density at radius 1 is 1.18 bits per heavy atom. The van der Waals surface area contributed by atoms with Gasteiger partial charge in [0, 0.05) is 42.0 Å². The molecule has 5 rings (SSSR count). The van der Waals surface area contributed by atoms with Gasteiger partial charge in [0.25, 0.3) is 5.91 Å². The highest BCUT2D eigenvalue weighted by Crippen LogP contribution is 2.33. The number of nitriles is 1. The summed E-state index contributed by atoms with van der Waals surface area (Å²) >= 11 is 1.53. The van der Waals surface area contributed by atoms with Gasteiger partial charge in [0.1, 0.15) is 11.9 Å². The molecule has 0 unspecified atom stereocenters. The number of nitrogens with zero attached hydrogens (tertiary/aromatic N) is 4. The van der Waals surface area contributed by atoms with Gasteiger partial charge in [-0.2, -0.15) is 5.26 Å². The maximum atomic E-state index is 13.2. The molecular weight excluding hydrogens is 453 g/mol. The number of thioether (sulfide) groups is 1. The molecular formula is C25H22FN5O2S. The Morgan fingerprint density at radius 3 is 2.74 bits per heavy atom. The maximum Gasteiger partial charge on any atom is 0.252 e. The summed E-state index contributed by atoms with van der Waals surface area (Å²) < 4.78 is 13.2. The number of carbonyl (C=O) groups excluding carboxylic acids is 2. The topological polar surface area (TPSA) is 89.3 Å². The molecule has 34 heavy (non-hydrogen) atoms. The lowest BCUT2D eigenvalue weighted by Gasteiger charge is -2.41. The standard InChI is InChI=1S/C25H22FN5O2S/c26-18-3-1-16(2-4-18)17-12-30(13-17)19-5-6-23-22(9-19)21(7-8-28-23)25(33)29-11-24(32)31-15-34-14-20(31)10-27/h1-9,17,20H,11-15H2,(H,29,33)/t20-/m1/s1. The Bertz CT molecular complexity index is 1290. The molecule has 3 aromatic rings. The van der Waals surface area contributed by atoms with Crippen LogP contribution in [-0.4, -0.2) is 59.0 Å². The van der Waals surface area contributed by atoms with Crippen molar-refractivity contribution in [3.8, 4) is 6.07 Å². The number of anilines is 1. The maximum absolute atomic E-state index is 13.2. The highest BCUT2D eigenvalue weighted by molar-refractivity contribution is 7.99. The first-order valence-electron chi connectivity index (χ1n) is 11.0. The molecule has 0 spiro atoms. The van der Waals surface area contributed by atoms with E-state index >= 15 is 0 Å². The molecule has 2 aliphatic rings. The molecule has 1 atom stereocenters. The number of pyridine rings is 1. The summed E-state index contributed by atoms with van der Waals surface area (Å²) in [6.45, 7) is 1.45. The molecule has 2 aliphatic heterocycles. The van der Waals surface area contributed by atoms with E-state index in [1.165, 1.54) is 28.8 Å². The first kappa shape index (κ1) is 22.2. The van der Waals surface area contributed by atoms with Crippen LogP contribution in [0.3, 0.4) is 0 Å². The van der Waals surface area contributed by atoms with Crippen LogP contribution >= 0.6 is 11.8 Å². The normalized spacial score (nSPS) is 17.9. The monoisotopic (exact) mass is 475 g/mol. The van der Waals surface area contributed by atoms with Crippen molar-refractivity contribution >= 4 is 40.2 Å².